The Morgan fingerprint density at radius 3 is 2.77 bits per heavy atom. The van der Waals surface area contributed by atoms with Gasteiger partial charge in [-0.05, 0) is 37.6 Å². The molecule has 5 nitrogen and oxygen atoms in total. The number of fused-ring (bicyclic) bond motifs is 1. The molecule has 0 spiro atoms. The van der Waals surface area contributed by atoms with E-state index >= 15 is 0 Å². The standard InChI is InChI=1S/C18H19BrN2O3S2/c1-3-14(17(23)24-4-2)26-18-20-13-9-10-25-15(13)16(22)21(18)12-7-5-11(19)6-8-12/h5-8,14H,3-4,9-10H2,1-2H3/t14-/m0/s1. The van der Waals surface area contributed by atoms with Crippen molar-refractivity contribution in [1.82, 2.24) is 9.55 Å². The zero-order valence-corrected chi connectivity index (χ0v) is 17.7. The summed E-state index contributed by atoms with van der Waals surface area (Å²) < 4.78 is 7.71. The Labute approximate surface area is 169 Å². The third-order valence-corrected chi connectivity index (χ3v) is 6.85. The van der Waals surface area contributed by atoms with Crippen LogP contribution in [0, 0.1) is 0 Å². The van der Waals surface area contributed by atoms with E-state index in [2.05, 4.69) is 15.9 Å². The lowest BCUT2D eigenvalue weighted by Crippen LogP contribution is -2.26. The van der Waals surface area contributed by atoms with Crippen LogP contribution in [0.3, 0.4) is 0 Å². The van der Waals surface area contributed by atoms with Crippen LogP contribution < -0.4 is 5.56 Å². The second kappa shape index (κ2) is 8.63. The summed E-state index contributed by atoms with van der Waals surface area (Å²) in [5, 5.41) is 0.147. The van der Waals surface area contributed by atoms with Gasteiger partial charge in [0.1, 0.15) is 5.25 Å². The average molecular weight is 455 g/mol. The van der Waals surface area contributed by atoms with Crippen LogP contribution in [-0.4, -0.2) is 33.1 Å². The number of thioether (sulfide) groups is 2. The molecule has 1 aliphatic rings. The summed E-state index contributed by atoms with van der Waals surface area (Å²) in [5.74, 6) is 0.590. The molecule has 1 atom stereocenters. The van der Waals surface area contributed by atoms with Crippen LogP contribution in [-0.2, 0) is 16.0 Å². The van der Waals surface area contributed by atoms with Crippen LogP contribution in [0.4, 0.5) is 0 Å². The molecule has 0 unspecified atom stereocenters. The highest BCUT2D eigenvalue weighted by Gasteiger charge is 2.26. The number of hydrogen-bond acceptors (Lipinski definition) is 6. The highest BCUT2D eigenvalue weighted by Crippen LogP contribution is 2.32. The van der Waals surface area contributed by atoms with E-state index in [9.17, 15) is 9.59 Å². The summed E-state index contributed by atoms with van der Waals surface area (Å²) in [7, 11) is 0. The van der Waals surface area contributed by atoms with E-state index in [-0.39, 0.29) is 11.5 Å². The first-order valence-corrected chi connectivity index (χ1v) is 11.1. The van der Waals surface area contributed by atoms with Gasteiger partial charge in [-0.15, -0.1) is 11.8 Å². The molecule has 0 bridgehead atoms. The van der Waals surface area contributed by atoms with Crippen molar-refractivity contribution in [2.24, 2.45) is 0 Å². The van der Waals surface area contributed by atoms with Gasteiger partial charge in [0.05, 0.1) is 22.9 Å². The first-order chi connectivity index (χ1) is 12.5. The lowest BCUT2D eigenvalue weighted by Gasteiger charge is -2.17. The number of ether oxygens (including phenoxy) is 1. The molecule has 3 rings (SSSR count). The first kappa shape index (κ1) is 19.5. The molecule has 0 fully saturated rings. The Morgan fingerprint density at radius 1 is 1.38 bits per heavy atom. The molecule has 0 saturated carbocycles. The molecule has 1 aliphatic heterocycles. The molecule has 0 radical (unpaired) electrons. The summed E-state index contributed by atoms with van der Waals surface area (Å²) in [4.78, 5) is 30.8. The molecular formula is C18H19BrN2O3S2. The van der Waals surface area contributed by atoms with E-state index in [0.29, 0.717) is 23.1 Å². The van der Waals surface area contributed by atoms with Crippen molar-refractivity contribution in [2.75, 3.05) is 12.4 Å². The maximum absolute atomic E-state index is 13.1. The number of esters is 1. The van der Waals surface area contributed by atoms with Crippen LogP contribution in [0.2, 0.25) is 0 Å². The Morgan fingerprint density at radius 2 is 2.12 bits per heavy atom. The van der Waals surface area contributed by atoms with E-state index < -0.39 is 5.25 Å². The highest BCUT2D eigenvalue weighted by atomic mass is 79.9. The van der Waals surface area contributed by atoms with Crippen LogP contribution in [0.25, 0.3) is 5.69 Å². The molecule has 0 aliphatic carbocycles. The molecule has 2 aromatic rings. The van der Waals surface area contributed by atoms with Crippen molar-refractivity contribution in [3.8, 4) is 5.69 Å². The van der Waals surface area contributed by atoms with Crippen molar-refractivity contribution >= 4 is 45.4 Å². The van der Waals surface area contributed by atoms with Gasteiger partial charge < -0.3 is 4.74 Å². The number of carbonyl (C=O) groups excluding carboxylic acids is 1. The van der Waals surface area contributed by atoms with Crippen molar-refractivity contribution in [2.45, 2.75) is 42.0 Å². The fourth-order valence-electron chi connectivity index (χ4n) is 2.65. The topological polar surface area (TPSA) is 61.2 Å². The summed E-state index contributed by atoms with van der Waals surface area (Å²) in [6.45, 7) is 4.06. The largest absolute Gasteiger partial charge is 0.465 e. The van der Waals surface area contributed by atoms with Crippen LogP contribution in [0.1, 0.15) is 26.0 Å². The number of benzene rings is 1. The predicted octanol–water partition coefficient (Wildman–Crippen LogP) is 4.08. The first-order valence-electron chi connectivity index (χ1n) is 8.43. The predicted molar refractivity (Wildman–Crippen MR) is 109 cm³/mol. The summed E-state index contributed by atoms with van der Waals surface area (Å²) in [5.41, 5.74) is 1.50. The third kappa shape index (κ3) is 4.02. The fourth-order valence-corrected chi connectivity index (χ4v) is 4.98. The summed E-state index contributed by atoms with van der Waals surface area (Å²) in [6, 6.07) is 7.52. The Kier molecular flexibility index (Phi) is 6.47. The Balaban J connectivity index is 2.08. The van der Waals surface area contributed by atoms with E-state index in [1.807, 2.05) is 31.2 Å². The minimum Gasteiger partial charge on any atom is -0.465 e. The van der Waals surface area contributed by atoms with E-state index in [1.165, 1.54) is 11.8 Å². The van der Waals surface area contributed by atoms with E-state index in [4.69, 9.17) is 9.72 Å². The molecule has 8 heteroatoms. The molecule has 26 heavy (non-hydrogen) atoms. The molecule has 0 N–H and O–H groups in total. The average Bonchev–Trinajstić information content (AvgIpc) is 3.10. The monoisotopic (exact) mass is 454 g/mol. The number of nitrogens with zero attached hydrogens (tertiary/aromatic N) is 2. The van der Waals surface area contributed by atoms with Crippen molar-refractivity contribution in [1.29, 1.82) is 0 Å². The van der Waals surface area contributed by atoms with Gasteiger partial charge in [0.2, 0.25) is 0 Å². The zero-order chi connectivity index (χ0) is 18.7. The molecule has 1 aromatic heterocycles. The van der Waals surface area contributed by atoms with E-state index in [0.717, 1.165) is 28.0 Å². The number of aryl methyl sites for hydroxylation is 1. The van der Waals surface area contributed by atoms with Gasteiger partial charge in [-0.25, -0.2) is 4.98 Å². The highest BCUT2D eigenvalue weighted by molar-refractivity contribution is 9.10. The summed E-state index contributed by atoms with van der Waals surface area (Å²) in [6.07, 6.45) is 1.38. The van der Waals surface area contributed by atoms with Crippen molar-refractivity contribution in [3.05, 3.63) is 44.8 Å². The maximum Gasteiger partial charge on any atom is 0.319 e. The zero-order valence-electron chi connectivity index (χ0n) is 14.5. The van der Waals surface area contributed by atoms with Crippen LogP contribution in [0.15, 0.2) is 43.6 Å². The second-order valence-electron chi connectivity index (χ2n) is 5.65. The minimum absolute atomic E-state index is 0.0685. The van der Waals surface area contributed by atoms with Gasteiger partial charge in [-0.1, -0.05) is 34.6 Å². The molecule has 2 heterocycles. The van der Waals surface area contributed by atoms with Crippen LogP contribution in [0.5, 0.6) is 0 Å². The van der Waals surface area contributed by atoms with Gasteiger partial charge in [0, 0.05) is 16.6 Å². The lowest BCUT2D eigenvalue weighted by atomic mass is 10.3. The Hall–Kier alpha value is -1.25. The van der Waals surface area contributed by atoms with Gasteiger partial charge in [0.15, 0.2) is 5.16 Å². The van der Waals surface area contributed by atoms with Gasteiger partial charge >= 0.3 is 5.97 Å². The normalized spacial score (nSPS) is 14.1. The molecule has 0 amide bonds. The number of halogens is 1. The second-order valence-corrected chi connectivity index (χ2v) is 8.84. The van der Waals surface area contributed by atoms with Gasteiger partial charge in [-0.2, -0.15) is 0 Å². The molecule has 138 valence electrons. The van der Waals surface area contributed by atoms with Gasteiger partial charge in [-0.3, -0.25) is 14.2 Å². The van der Waals surface area contributed by atoms with Gasteiger partial charge in [0.25, 0.3) is 5.56 Å². The number of hydrogen-bond donors (Lipinski definition) is 0. The number of rotatable bonds is 6. The summed E-state index contributed by atoms with van der Waals surface area (Å²) >= 11 is 6.27. The quantitative estimate of drug-likeness (QED) is 0.372. The molecule has 1 aromatic carbocycles. The number of carbonyl (C=O) groups is 1. The smallest absolute Gasteiger partial charge is 0.319 e. The van der Waals surface area contributed by atoms with Crippen LogP contribution >= 0.6 is 39.5 Å². The fraction of sp³-hybridized carbons (Fsp3) is 0.389. The molecule has 0 saturated heterocycles. The molecular weight excluding hydrogens is 436 g/mol. The maximum atomic E-state index is 13.1. The SMILES string of the molecule is CCOC(=O)[C@H](CC)Sc1nc2c(c(=O)n1-c1ccc(Br)cc1)SCC2. The lowest BCUT2D eigenvalue weighted by molar-refractivity contribution is -0.142. The minimum atomic E-state index is -0.393. The third-order valence-electron chi connectivity index (χ3n) is 3.92. The van der Waals surface area contributed by atoms with Crippen molar-refractivity contribution < 1.29 is 9.53 Å². The van der Waals surface area contributed by atoms with Crippen molar-refractivity contribution in [3.63, 3.8) is 0 Å². The Bertz CT molecular complexity index is 868. The number of aromatic nitrogens is 2. The van der Waals surface area contributed by atoms with E-state index in [1.54, 1.807) is 23.3 Å².